The van der Waals surface area contributed by atoms with Crippen molar-refractivity contribution in [2.75, 3.05) is 11.9 Å². The molecule has 0 aliphatic heterocycles. The van der Waals surface area contributed by atoms with Crippen molar-refractivity contribution in [3.63, 3.8) is 0 Å². The molecular formula is C27H31ClN2O. The lowest BCUT2D eigenvalue weighted by atomic mass is 9.92. The average Bonchev–Trinajstić information content (AvgIpc) is 2.75. The van der Waals surface area contributed by atoms with Crippen molar-refractivity contribution in [3.05, 3.63) is 100 Å². The molecule has 4 heteroatoms. The van der Waals surface area contributed by atoms with Crippen LogP contribution in [0.2, 0.25) is 5.02 Å². The molecule has 3 rings (SSSR count). The van der Waals surface area contributed by atoms with E-state index in [2.05, 4.69) is 56.5 Å². The van der Waals surface area contributed by atoms with Crippen LogP contribution in [0.25, 0.3) is 0 Å². The molecule has 0 radical (unpaired) electrons. The summed E-state index contributed by atoms with van der Waals surface area (Å²) in [6.07, 6.45) is 0. The summed E-state index contributed by atoms with van der Waals surface area (Å²) in [4.78, 5) is 13.0. The van der Waals surface area contributed by atoms with E-state index in [9.17, 15) is 4.79 Å². The molecule has 3 aromatic carbocycles. The fraction of sp³-hybridized carbons (Fsp3) is 0.296. The molecule has 2 N–H and O–H groups in total. The Balaban J connectivity index is 1.82. The number of amides is 1. The number of benzene rings is 3. The highest BCUT2D eigenvalue weighted by Crippen LogP contribution is 2.32. The van der Waals surface area contributed by atoms with Crippen molar-refractivity contribution in [2.24, 2.45) is 0 Å². The molecule has 0 aromatic heterocycles. The van der Waals surface area contributed by atoms with Crippen LogP contribution in [-0.2, 0) is 4.79 Å². The van der Waals surface area contributed by atoms with E-state index in [-0.39, 0.29) is 18.5 Å². The fourth-order valence-electron chi connectivity index (χ4n) is 3.84. The van der Waals surface area contributed by atoms with Crippen LogP contribution in [0.3, 0.4) is 0 Å². The Labute approximate surface area is 190 Å². The van der Waals surface area contributed by atoms with Crippen LogP contribution in [0.15, 0.2) is 72.8 Å². The van der Waals surface area contributed by atoms with Gasteiger partial charge >= 0.3 is 0 Å². The molecule has 0 spiro atoms. The number of anilines is 1. The van der Waals surface area contributed by atoms with Crippen molar-refractivity contribution in [2.45, 2.75) is 45.6 Å². The van der Waals surface area contributed by atoms with Crippen molar-refractivity contribution < 1.29 is 4.79 Å². The van der Waals surface area contributed by atoms with E-state index in [4.69, 9.17) is 11.6 Å². The van der Waals surface area contributed by atoms with Gasteiger partial charge in [-0.05, 0) is 40.2 Å². The fourth-order valence-corrected chi connectivity index (χ4v) is 4.08. The molecule has 0 fully saturated rings. The van der Waals surface area contributed by atoms with E-state index in [0.29, 0.717) is 16.9 Å². The standard InChI is InChI=1S/C27H31ClN2O/c1-18(2)21-14-10-15-22(19(3)4)27(21)30-25(31)17-29-26(20-11-6-5-7-12-20)23-13-8-9-16-24(23)28/h5-16,18-19,26,29H,17H2,1-4H3,(H,30,31). The van der Waals surface area contributed by atoms with Gasteiger partial charge in [-0.2, -0.15) is 0 Å². The molecule has 3 aromatic rings. The van der Waals surface area contributed by atoms with E-state index < -0.39 is 0 Å². The first-order chi connectivity index (χ1) is 14.9. The molecule has 0 saturated carbocycles. The van der Waals surface area contributed by atoms with Crippen molar-refractivity contribution in [1.82, 2.24) is 5.32 Å². The smallest absolute Gasteiger partial charge is 0.238 e. The van der Waals surface area contributed by atoms with Crippen molar-refractivity contribution >= 4 is 23.2 Å². The van der Waals surface area contributed by atoms with Crippen LogP contribution >= 0.6 is 11.6 Å². The molecule has 0 heterocycles. The Morgan fingerprint density at radius 1 is 0.774 bits per heavy atom. The molecule has 3 nitrogen and oxygen atoms in total. The van der Waals surface area contributed by atoms with Crippen LogP contribution in [0.4, 0.5) is 5.69 Å². The summed E-state index contributed by atoms with van der Waals surface area (Å²) in [6.45, 7) is 8.77. The number of para-hydroxylation sites is 1. The summed E-state index contributed by atoms with van der Waals surface area (Å²) in [7, 11) is 0. The van der Waals surface area contributed by atoms with E-state index in [0.717, 1.165) is 27.9 Å². The summed E-state index contributed by atoms with van der Waals surface area (Å²) in [5.41, 5.74) is 5.27. The highest BCUT2D eigenvalue weighted by atomic mass is 35.5. The second-order valence-electron chi connectivity index (χ2n) is 8.42. The van der Waals surface area contributed by atoms with Gasteiger partial charge in [0.1, 0.15) is 0 Å². The third-order valence-corrected chi connectivity index (χ3v) is 5.80. The summed E-state index contributed by atoms with van der Waals surface area (Å²) >= 11 is 6.48. The van der Waals surface area contributed by atoms with Crippen molar-refractivity contribution in [3.8, 4) is 0 Å². The lowest BCUT2D eigenvalue weighted by molar-refractivity contribution is -0.115. The minimum atomic E-state index is -0.175. The zero-order valence-corrected chi connectivity index (χ0v) is 19.4. The molecule has 0 aliphatic carbocycles. The number of carbonyl (C=O) groups is 1. The summed E-state index contributed by atoms with van der Waals surface area (Å²) < 4.78 is 0. The predicted octanol–water partition coefficient (Wildman–Crippen LogP) is 6.90. The van der Waals surface area contributed by atoms with Gasteiger partial charge < -0.3 is 5.32 Å². The molecule has 0 bridgehead atoms. The largest absolute Gasteiger partial charge is 0.324 e. The number of rotatable bonds is 8. The van der Waals surface area contributed by atoms with E-state index >= 15 is 0 Å². The van der Waals surface area contributed by atoms with E-state index in [1.807, 2.05) is 54.6 Å². The Morgan fingerprint density at radius 2 is 1.32 bits per heavy atom. The van der Waals surface area contributed by atoms with E-state index in [1.54, 1.807) is 0 Å². The predicted molar refractivity (Wildman–Crippen MR) is 131 cm³/mol. The number of halogens is 1. The zero-order chi connectivity index (χ0) is 22.4. The minimum absolute atomic E-state index is 0.0667. The van der Waals surface area contributed by atoms with Crippen LogP contribution in [0.1, 0.15) is 67.8 Å². The van der Waals surface area contributed by atoms with Gasteiger partial charge in [0.2, 0.25) is 5.91 Å². The monoisotopic (exact) mass is 434 g/mol. The lowest BCUT2D eigenvalue weighted by Gasteiger charge is -2.23. The van der Waals surface area contributed by atoms with Gasteiger partial charge in [-0.25, -0.2) is 0 Å². The second-order valence-corrected chi connectivity index (χ2v) is 8.82. The third kappa shape index (κ3) is 5.75. The summed E-state index contributed by atoms with van der Waals surface area (Å²) in [5.74, 6) is 0.576. The van der Waals surface area contributed by atoms with Gasteiger partial charge in [0.05, 0.1) is 12.6 Å². The summed E-state index contributed by atoms with van der Waals surface area (Å²) in [6, 6.07) is 23.9. The van der Waals surface area contributed by atoms with Gasteiger partial charge in [0, 0.05) is 10.7 Å². The Hall–Kier alpha value is -2.62. The number of hydrogen-bond acceptors (Lipinski definition) is 2. The molecule has 162 valence electrons. The quantitative estimate of drug-likeness (QED) is 0.404. The summed E-state index contributed by atoms with van der Waals surface area (Å²) in [5, 5.41) is 7.27. The maximum Gasteiger partial charge on any atom is 0.238 e. The first kappa shape index (κ1) is 23.1. The molecule has 0 saturated heterocycles. The Kier molecular flexibility index (Phi) is 7.89. The van der Waals surface area contributed by atoms with Gasteiger partial charge in [0.25, 0.3) is 0 Å². The first-order valence-electron chi connectivity index (χ1n) is 10.8. The van der Waals surface area contributed by atoms with Crippen LogP contribution in [0.5, 0.6) is 0 Å². The van der Waals surface area contributed by atoms with Crippen LogP contribution in [0, 0.1) is 0 Å². The number of carbonyl (C=O) groups excluding carboxylic acids is 1. The maximum absolute atomic E-state index is 13.0. The van der Waals surface area contributed by atoms with Gasteiger partial charge in [0.15, 0.2) is 0 Å². The van der Waals surface area contributed by atoms with Gasteiger partial charge in [-0.3, -0.25) is 10.1 Å². The maximum atomic E-state index is 13.0. The van der Waals surface area contributed by atoms with Crippen LogP contribution in [-0.4, -0.2) is 12.5 Å². The molecule has 0 aliphatic rings. The SMILES string of the molecule is CC(C)c1cccc(C(C)C)c1NC(=O)CNC(c1ccccc1)c1ccccc1Cl. The van der Waals surface area contributed by atoms with Crippen molar-refractivity contribution in [1.29, 1.82) is 0 Å². The number of hydrogen-bond donors (Lipinski definition) is 2. The Bertz CT molecular complexity index is 989. The van der Waals surface area contributed by atoms with E-state index in [1.165, 1.54) is 0 Å². The number of nitrogens with one attached hydrogen (secondary N) is 2. The lowest BCUT2D eigenvalue weighted by Crippen LogP contribution is -2.32. The van der Waals surface area contributed by atoms with Crippen LogP contribution < -0.4 is 10.6 Å². The normalized spacial score (nSPS) is 12.2. The van der Waals surface area contributed by atoms with Gasteiger partial charge in [-0.15, -0.1) is 0 Å². The topological polar surface area (TPSA) is 41.1 Å². The zero-order valence-electron chi connectivity index (χ0n) is 18.7. The molecule has 1 unspecified atom stereocenters. The first-order valence-corrected chi connectivity index (χ1v) is 11.2. The average molecular weight is 435 g/mol. The highest BCUT2D eigenvalue weighted by Gasteiger charge is 2.19. The Morgan fingerprint density at radius 3 is 1.90 bits per heavy atom. The second kappa shape index (κ2) is 10.6. The molecular weight excluding hydrogens is 404 g/mol. The highest BCUT2D eigenvalue weighted by molar-refractivity contribution is 6.31. The molecule has 31 heavy (non-hydrogen) atoms. The van der Waals surface area contributed by atoms with Gasteiger partial charge in [-0.1, -0.05) is 106 Å². The molecule has 1 atom stereocenters. The third-order valence-electron chi connectivity index (χ3n) is 5.45. The minimum Gasteiger partial charge on any atom is -0.324 e. The molecule has 1 amide bonds.